The van der Waals surface area contributed by atoms with E-state index in [0.717, 1.165) is 34.6 Å². The Morgan fingerprint density at radius 1 is 1.03 bits per heavy atom. The minimum atomic E-state index is -0.264. The Hall–Kier alpha value is -3.31. The van der Waals surface area contributed by atoms with E-state index >= 15 is 0 Å². The molecule has 32 heavy (non-hydrogen) atoms. The van der Waals surface area contributed by atoms with Crippen molar-refractivity contribution in [2.24, 2.45) is 4.99 Å². The number of nitrogens with one attached hydrogen (secondary N) is 1. The van der Waals surface area contributed by atoms with E-state index in [1.807, 2.05) is 43.3 Å². The Bertz CT molecular complexity index is 1090. The minimum absolute atomic E-state index is 0.120. The van der Waals surface area contributed by atoms with Crippen LogP contribution in [0.15, 0.2) is 71.7 Å². The third kappa shape index (κ3) is 4.63. The van der Waals surface area contributed by atoms with Crippen LogP contribution in [0.1, 0.15) is 54.7 Å². The summed E-state index contributed by atoms with van der Waals surface area (Å²) in [7, 11) is 1.66. The number of aromatic hydroxyl groups is 1. The molecule has 5 heteroatoms. The number of hydrogen-bond acceptors (Lipinski definition) is 5. The van der Waals surface area contributed by atoms with E-state index < -0.39 is 0 Å². The van der Waals surface area contributed by atoms with Gasteiger partial charge in [-0.05, 0) is 48.2 Å². The average Bonchev–Trinajstić information content (AvgIpc) is 2.85. The number of phenolic OH excluding ortho intramolecular Hbond substituents is 1. The number of aliphatic imine (C=N–C) groups is 1. The summed E-state index contributed by atoms with van der Waals surface area (Å²) in [6.07, 6.45) is 1.40. The fraction of sp³-hybridized carbons (Fsp3) is 0.296. The van der Waals surface area contributed by atoms with Gasteiger partial charge in [0.25, 0.3) is 0 Å². The molecule has 3 aromatic carbocycles. The molecule has 2 N–H and O–H groups in total. The third-order valence-electron chi connectivity index (χ3n) is 5.85. The van der Waals surface area contributed by atoms with Gasteiger partial charge in [0, 0.05) is 23.7 Å². The van der Waals surface area contributed by atoms with Crippen LogP contribution in [0.25, 0.3) is 0 Å². The molecule has 0 fully saturated rings. The molecule has 0 unspecified atom stereocenters. The van der Waals surface area contributed by atoms with Gasteiger partial charge in [0.1, 0.15) is 11.9 Å². The third-order valence-corrected chi connectivity index (χ3v) is 5.85. The van der Waals surface area contributed by atoms with Crippen molar-refractivity contribution >= 4 is 5.71 Å². The monoisotopic (exact) mass is 430 g/mol. The molecule has 5 nitrogen and oxygen atoms in total. The second kappa shape index (κ2) is 9.88. The molecule has 0 spiro atoms. The van der Waals surface area contributed by atoms with Gasteiger partial charge in [0.05, 0.1) is 13.7 Å². The number of phenols is 1. The summed E-state index contributed by atoms with van der Waals surface area (Å²) in [5.41, 5.74) is 5.22. The van der Waals surface area contributed by atoms with Crippen LogP contribution in [0.2, 0.25) is 0 Å². The van der Waals surface area contributed by atoms with Gasteiger partial charge in [-0.15, -0.1) is 0 Å². The predicted molar refractivity (Wildman–Crippen MR) is 128 cm³/mol. The number of benzene rings is 3. The van der Waals surface area contributed by atoms with Crippen LogP contribution in [-0.4, -0.2) is 24.5 Å². The Morgan fingerprint density at radius 2 is 1.81 bits per heavy atom. The number of hydrogen-bond donors (Lipinski definition) is 2. The highest BCUT2D eigenvalue weighted by Crippen LogP contribution is 2.39. The normalized spacial score (nSPS) is 18.2. The van der Waals surface area contributed by atoms with E-state index in [1.165, 1.54) is 5.56 Å². The SMILES string of the molecule is CCOc1cccc([C@H]2CC(c3ccc(CC)cc3)=N[C@@H](c3cccc(OC)c3)N2)c1O. The second-order valence-electron chi connectivity index (χ2n) is 7.86. The van der Waals surface area contributed by atoms with E-state index in [4.69, 9.17) is 14.5 Å². The molecule has 0 radical (unpaired) electrons. The van der Waals surface area contributed by atoms with Gasteiger partial charge in [-0.3, -0.25) is 10.3 Å². The van der Waals surface area contributed by atoms with Gasteiger partial charge in [0.2, 0.25) is 0 Å². The molecular weight excluding hydrogens is 400 g/mol. The molecule has 0 aliphatic carbocycles. The molecular formula is C27H30N2O3. The quantitative estimate of drug-likeness (QED) is 0.513. The number of methoxy groups -OCH3 is 1. The number of aryl methyl sites for hydroxylation is 1. The summed E-state index contributed by atoms with van der Waals surface area (Å²) >= 11 is 0. The van der Waals surface area contributed by atoms with Gasteiger partial charge < -0.3 is 14.6 Å². The lowest BCUT2D eigenvalue weighted by molar-refractivity contribution is 0.313. The van der Waals surface area contributed by atoms with E-state index in [1.54, 1.807) is 13.2 Å². The van der Waals surface area contributed by atoms with Gasteiger partial charge in [-0.1, -0.05) is 55.5 Å². The van der Waals surface area contributed by atoms with Crippen LogP contribution in [-0.2, 0) is 6.42 Å². The Labute approximate surface area is 189 Å². The molecule has 4 rings (SSSR count). The summed E-state index contributed by atoms with van der Waals surface area (Å²) in [6, 6.07) is 22.1. The summed E-state index contributed by atoms with van der Waals surface area (Å²) in [4.78, 5) is 5.05. The topological polar surface area (TPSA) is 63.1 Å². The molecule has 0 saturated heterocycles. The number of ether oxygens (including phenoxy) is 2. The first-order chi connectivity index (χ1) is 15.6. The first-order valence-corrected chi connectivity index (χ1v) is 11.1. The average molecular weight is 431 g/mol. The van der Waals surface area contributed by atoms with Crippen molar-refractivity contribution in [3.05, 3.63) is 89.0 Å². The Kier molecular flexibility index (Phi) is 6.76. The van der Waals surface area contributed by atoms with Gasteiger partial charge in [-0.2, -0.15) is 0 Å². The summed E-state index contributed by atoms with van der Waals surface area (Å²) in [6.45, 7) is 4.56. The van der Waals surface area contributed by atoms with Crippen molar-refractivity contribution < 1.29 is 14.6 Å². The van der Waals surface area contributed by atoms with Crippen LogP contribution in [0.4, 0.5) is 0 Å². The van der Waals surface area contributed by atoms with Crippen molar-refractivity contribution in [1.82, 2.24) is 5.32 Å². The Morgan fingerprint density at radius 3 is 2.53 bits per heavy atom. The molecule has 3 aromatic rings. The maximum absolute atomic E-state index is 10.9. The molecule has 0 saturated carbocycles. The zero-order valence-corrected chi connectivity index (χ0v) is 18.8. The lowest BCUT2D eigenvalue weighted by Crippen LogP contribution is -2.33. The van der Waals surface area contributed by atoms with Crippen molar-refractivity contribution in [1.29, 1.82) is 0 Å². The largest absolute Gasteiger partial charge is 0.504 e. The maximum Gasteiger partial charge on any atom is 0.162 e. The van der Waals surface area contributed by atoms with Gasteiger partial charge in [0.15, 0.2) is 11.5 Å². The molecule has 0 bridgehead atoms. The number of para-hydroxylation sites is 1. The first-order valence-electron chi connectivity index (χ1n) is 11.1. The van der Waals surface area contributed by atoms with E-state index in [2.05, 4.69) is 36.5 Å². The second-order valence-corrected chi connectivity index (χ2v) is 7.86. The molecule has 1 aliphatic heterocycles. The standard InChI is InChI=1S/C27H30N2O3/c1-4-18-12-14-19(15-13-18)23-17-24(22-10-7-11-25(26(22)30)32-5-2)29-27(28-23)20-8-6-9-21(16-20)31-3/h6-16,24,27,29-30H,4-5,17H2,1-3H3/t24-,27-/m1/s1. The lowest BCUT2D eigenvalue weighted by Gasteiger charge is -2.31. The summed E-state index contributed by atoms with van der Waals surface area (Å²) in [5.74, 6) is 1.47. The molecule has 166 valence electrons. The van der Waals surface area contributed by atoms with Crippen LogP contribution in [0.3, 0.4) is 0 Å². The van der Waals surface area contributed by atoms with Crippen molar-refractivity contribution in [3.8, 4) is 17.2 Å². The minimum Gasteiger partial charge on any atom is -0.504 e. The molecule has 1 heterocycles. The number of nitrogens with zero attached hydrogens (tertiary/aromatic N) is 1. The number of rotatable bonds is 7. The van der Waals surface area contributed by atoms with E-state index in [9.17, 15) is 5.11 Å². The highest BCUT2D eigenvalue weighted by atomic mass is 16.5. The molecule has 2 atom stereocenters. The summed E-state index contributed by atoms with van der Waals surface area (Å²) < 4.78 is 11.0. The van der Waals surface area contributed by atoms with Crippen LogP contribution in [0.5, 0.6) is 17.2 Å². The zero-order valence-electron chi connectivity index (χ0n) is 18.8. The first kappa shape index (κ1) is 21.9. The summed E-state index contributed by atoms with van der Waals surface area (Å²) in [5, 5.41) is 14.5. The Balaban J connectivity index is 1.75. The zero-order chi connectivity index (χ0) is 22.5. The molecule has 0 aromatic heterocycles. The smallest absolute Gasteiger partial charge is 0.162 e. The van der Waals surface area contributed by atoms with E-state index in [0.29, 0.717) is 18.8 Å². The van der Waals surface area contributed by atoms with Crippen LogP contribution in [0, 0.1) is 0 Å². The van der Waals surface area contributed by atoms with Crippen LogP contribution >= 0.6 is 0 Å². The van der Waals surface area contributed by atoms with Crippen molar-refractivity contribution in [3.63, 3.8) is 0 Å². The highest BCUT2D eigenvalue weighted by Gasteiger charge is 2.28. The highest BCUT2D eigenvalue weighted by molar-refractivity contribution is 6.01. The van der Waals surface area contributed by atoms with Crippen molar-refractivity contribution in [2.45, 2.75) is 38.9 Å². The molecule has 1 aliphatic rings. The van der Waals surface area contributed by atoms with Gasteiger partial charge in [-0.25, -0.2) is 0 Å². The fourth-order valence-electron chi connectivity index (χ4n) is 4.09. The van der Waals surface area contributed by atoms with Gasteiger partial charge >= 0.3 is 0 Å². The maximum atomic E-state index is 10.9. The van der Waals surface area contributed by atoms with Crippen molar-refractivity contribution in [2.75, 3.05) is 13.7 Å². The fourth-order valence-corrected chi connectivity index (χ4v) is 4.09. The molecule has 0 amide bonds. The lowest BCUT2D eigenvalue weighted by atomic mass is 9.93. The predicted octanol–water partition coefficient (Wildman–Crippen LogP) is 5.58. The van der Waals surface area contributed by atoms with E-state index in [-0.39, 0.29) is 18.0 Å². The van der Waals surface area contributed by atoms with Crippen LogP contribution < -0.4 is 14.8 Å².